The first-order chi connectivity index (χ1) is 9.88. The standard InChI is InChI=1S/C13H21F3N2O4/c1-11(2,3)22-10(21)18-6-4-5-12(7-18,8-19)17-9(20)13(14,15)16/h19H,4-8H2,1-3H3,(H,17,20). The number of rotatable bonds is 2. The number of nitrogens with one attached hydrogen (secondary N) is 1. The van der Waals surface area contributed by atoms with E-state index in [1.165, 1.54) is 4.90 Å². The minimum Gasteiger partial charge on any atom is -0.444 e. The van der Waals surface area contributed by atoms with Crippen molar-refractivity contribution in [3.63, 3.8) is 0 Å². The summed E-state index contributed by atoms with van der Waals surface area (Å²) < 4.78 is 42.3. The number of likely N-dealkylation sites (tertiary alicyclic amines) is 1. The number of amides is 2. The second-order valence-corrected chi connectivity index (χ2v) is 6.40. The average Bonchev–Trinajstić information content (AvgIpc) is 2.36. The van der Waals surface area contributed by atoms with Gasteiger partial charge < -0.3 is 20.1 Å². The molecule has 1 unspecified atom stereocenters. The monoisotopic (exact) mass is 326 g/mol. The molecule has 0 radical (unpaired) electrons. The SMILES string of the molecule is CC(C)(C)OC(=O)N1CCCC(CO)(NC(=O)C(F)(F)F)C1. The normalized spacial score (nSPS) is 23.1. The van der Waals surface area contributed by atoms with Gasteiger partial charge in [0.05, 0.1) is 12.1 Å². The van der Waals surface area contributed by atoms with Crippen molar-refractivity contribution in [1.82, 2.24) is 10.2 Å². The molecule has 1 rings (SSSR count). The van der Waals surface area contributed by atoms with Gasteiger partial charge in [-0.25, -0.2) is 4.79 Å². The maximum Gasteiger partial charge on any atom is 0.471 e. The fourth-order valence-electron chi connectivity index (χ4n) is 2.20. The molecule has 0 saturated carbocycles. The van der Waals surface area contributed by atoms with Gasteiger partial charge in [0.1, 0.15) is 5.60 Å². The highest BCUT2D eigenvalue weighted by atomic mass is 19.4. The molecule has 0 aromatic carbocycles. The molecular formula is C13H21F3N2O4. The molecule has 0 aliphatic carbocycles. The van der Waals surface area contributed by atoms with Gasteiger partial charge >= 0.3 is 18.2 Å². The van der Waals surface area contributed by atoms with E-state index in [4.69, 9.17) is 4.74 Å². The van der Waals surface area contributed by atoms with Crippen molar-refractivity contribution in [2.75, 3.05) is 19.7 Å². The van der Waals surface area contributed by atoms with Crippen molar-refractivity contribution in [2.45, 2.75) is 50.9 Å². The van der Waals surface area contributed by atoms with Crippen LogP contribution in [-0.4, -0.2) is 59.0 Å². The lowest BCUT2D eigenvalue weighted by Crippen LogP contribution is -2.63. The van der Waals surface area contributed by atoms with Gasteiger partial charge in [0.2, 0.25) is 0 Å². The third-order valence-electron chi connectivity index (χ3n) is 3.17. The number of aliphatic hydroxyl groups is 1. The first-order valence-electron chi connectivity index (χ1n) is 6.87. The highest BCUT2D eigenvalue weighted by Gasteiger charge is 2.46. The quantitative estimate of drug-likeness (QED) is 0.804. The largest absolute Gasteiger partial charge is 0.471 e. The number of carbonyl (C=O) groups is 2. The molecule has 1 atom stereocenters. The van der Waals surface area contributed by atoms with Crippen molar-refractivity contribution < 1.29 is 32.6 Å². The number of hydrogen-bond donors (Lipinski definition) is 2. The predicted molar refractivity (Wildman–Crippen MR) is 71.1 cm³/mol. The highest BCUT2D eigenvalue weighted by molar-refractivity contribution is 5.82. The van der Waals surface area contributed by atoms with E-state index in [1.807, 2.05) is 0 Å². The summed E-state index contributed by atoms with van der Waals surface area (Å²) >= 11 is 0. The number of piperidine rings is 1. The number of aliphatic hydroxyl groups excluding tert-OH is 1. The lowest BCUT2D eigenvalue weighted by molar-refractivity contribution is -0.177. The summed E-state index contributed by atoms with van der Waals surface area (Å²) in [6, 6.07) is 0. The van der Waals surface area contributed by atoms with Crippen LogP contribution in [0.5, 0.6) is 0 Å². The maximum atomic E-state index is 12.4. The second kappa shape index (κ2) is 6.31. The smallest absolute Gasteiger partial charge is 0.444 e. The molecule has 1 aliphatic rings. The Bertz CT molecular complexity index is 434. The summed E-state index contributed by atoms with van der Waals surface area (Å²) in [5.74, 6) is -2.13. The number of ether oxygens (including phenoxy) is 1. The molecule has 22 heavy (non-hydrogen) atoms. The molecular weight excluding hydrogens is 305 g/mol. The van der Waals surface area contributed by atoms with E-state index >= 15 is 0 Å². The Hall–Kier alpha value is -1.51. The fourth-order valence-corrected chi connectivity index (χ4v) is 2.20. The third kappa shape index (κ3) is 5.04. The summed E-state index contributed by atoms with van der Waals surface area (Å²) in [6.45, 7) is 4.35. The van der Waals surface area contributed by atoms with E-state index in [1.54, 1.807) is 26.1 Å². The van der Waals surface area contributed by atoms with Crippen LogP contribution in [-0.2, 0) is 9.53 Å². The van der Waals surface area contributed by atoms with E-state index in [-0.39, 0.29) is 13.0 Å². The van der Waals surface area contributed by atoms with Crippen LogP contribution in [0.4, 0.5) is 18.0 Å². The van der Waals surface area contributed by atoms with E-state index in [2.05, 4.69) is 0 Å². The molecule has 1 fully saturated rings. The van der Waals surface area contributed by atoms with Gasteiger partial charge in [-0.1, -0.05) is 0 Å². The van der Waals surface area contributed by atoms with Crippen LogP contribution in [0.3, 0.4) is 0 Å². The van der Waals surface area contributed by atoms with Crippen LogP contribution in [0.1, 0.15) is 33.6 Å². The van der Waals surface area contributed by atoms with Crippen molar-refractivity contribution in [3.8, 4) is 0 Å². The Morgan fingerprint density at radius 1 is 1.32 bits per heavy atom. The molecule has 1 saturated heterocycles. The van der Waals surface area contributed by atoms with Crippen molar-refractivity contribution >= 4 is 12.0 Å². The lowest BCUT2D eigenvalue weighted by Gasteiger charge is -2.42. The summed E-state index contributed by atoms with van der Waals surface area (Å²) in [7, 11) is 0. The zero-order chi connectivity index (χ0) is 17.2. The van der Waals surface area contributed by atoms with Gasteiger partial charge in [-0.2, -0.15) is 13.2 Å². The Morgan fingerprint density at radius 3 is 2.36 bits per heavy atom. The van der Waals surface area contributed by atoms with Crippen molar-refractivity contribution in [1.29, 1.82) is 0 Å². The highest BCUT2D eigenvalue weighted by Crippen LogP contribution is 2.25. The van der Waals surface area contributed by atoms with Crippen LogP contribution < -0.4 is 5.32 Å². The van der Waals surface area contributed by atoms with Crippen LogP contribution in [0.15, 0.2) is 0 Å². The van der Waals surface area contributed by atoms with E-state index in [0.717, 1.165) is 0 Å². The number of alkyl halides is 3. The molecule has 1 heterocycles. The molecule has 0 aromatic rings. The molecule has 1 aliphatic heterocycles. The first kappa shape index (κ1) is 18.5. The molecule has 6 nitrogen and oxygen atoms in total. The Balaban J connectivity index is 2.81. The van der Waals surface area contributed by atoms with Crippen LogP contribution in [0, 0.1) is 0 Å². The number of hydrogen-bond acceptors (Lipinski definition) is 4. The second-order valence-electron chi connectivity index (χ2n) is 6.40. The molecule has 0 bridgehead atoms. The number of nitrogens with zero attached hydrogens (tertiary/aromatic N) is 1. The fraction of sp³-hybridized carbons (Fsp3) is 0.846. The van der Waals surface area contributed by atoms with Gasteiger partial charge in [-0.15, -0.1) is 0 Å². The topological polar surface area (TPSA) is 78.9 Å². The maximum absolute atomic E-state index is 12.4. The molecule has 2 amide bonds. The van der Waals surface area contributed by atoms with E-state index < -0.39 is 35.9 Å². The zero-order valence-corrected chi connectivity index (χ0v) is 12.8. The van der Waals surface area contributed by atoms with Crippen LogP contribution in [0.2, 0.25) is 0 Å². The third-order valence-corrected chi connectivity index (χ3v) is 3.17. The minimum atomic E-state index is -5.05. The van der Waals surface area contributed by atoms with Gasteiger partial charge in [-0.05, 0) is 33.6 Å². The predicted octanol–water partition coefficient (Wildman–Crippen LogP) is 1.43. The van der Waals surface area contributed by atoms with Crippen molar-refractivity contribution in [2.24, 2.45) is 0 Å². The molecule has 9 heteroatoms. The minimum absolute atomic E-state index is 0.143. The molecule has 0 aromatic heterocycles. The average molecular weight is 326 g/mol. The molecule has 0 spiro atoms. The first-order valence-corrected chi connectivity index (χ1v) is 6.87. The summed E-state index contributed by atoms with van der Waals surface area (Å²) in [6.07, 6.45) is -5.25. The van der Waals surface area contributed by atoms with Crippen LogP contribution >= 0.6 is 0 Å². The van der Waals surface area contributed by atoms with Gasteiger partial charge in [-0.3, -0.25) is 4.79 Å². The van der Waals surface area contributed by atoms with Gasteiger partial charge in [0.25, 0.3) is 0 Å². The summed E-state index contributed by atoms with van der Waals surface area (Å²) in [4.78, 5) is 24.3. The Labute approximate surface area is 126 Å². The van der Waals surface area contributed by atoms with Gasteiger partial charge in [0, 0.05) is 13.1 Å². The van der Waals surface area contributed by atoms with E-state index in [9.17, 15) is 27.9 Å². The molecule has 128 valence electrons. The zero-order valence-electron chi connectivity index (χ0n) is 12.8. The van der Waals surface area contributed by atoms with Crippen LogP contribution in [0.25, 0.3) is 0 Å². The lowest BCUT2D eigenvalue weighted by atomic mass is 9.89. The Morgan fingerprint density at radius 2 is 1.91 bits per heavy atom. The van der Waals surface area contributed by atoms with E-state index in [0.29, 0.717) is 13.0 Å². The van der Waals surface area contributed by atoms with Gasteiger partial charge in [0.15, 0.2) is 0 Å². The summed E-state index contributed by atoms with van der Waals surface area (Å²) in [5.41, 5.74) is -2.26. The number of carbonyl (C=O) groups excluding carboxylic acids is 2. The summed E-state index contributed by atoms with van der Waals surface area (Å²) in [5, 5.41) is 11.2. The number of halogens is 3. The molecule has 2 N–H and O–H groups in total. The van der Waals surface area contributed by atoms with Crippen molar-refractivity contribution in [3.05, 3.63) is 0 Å². The Kier molecular flexibility index (Phi) is 5.32.